The van der Waals surface area contributed by atoms with E-state index in [-0.39, 0.29) is 6.10 Å². The molecule has 96 valence electrons. The fourth-order valence-electron chi connectivity index (χ4n) is 2.52. The van der Waals surface area contributed by atoms with E-state index in [0.717, 1.165) is 25.4 Å². The zero-order valence-corrected chi connectivity index (χ0v) is 11.1. The van der Waals surface area contributed by atoms with Crippen molar-refractivity contribution in [2.24, 2.45) is 11.8 Å². The van der Waals surface area contributed by atoms with E-state index in [4.69, 9.17) is 0 Å². The lowest BCUT2D eigenvalue weighted by molar-refractivity contribution is 0.140. The average Bonchev–Trinajstić information content (AvgIpc) is 2.16. The third kappa shape index (κ3) is 5.83. The Hall–Kier alpha value is -0.120. The Morgan fingerprint density at radius 1 is 1.44 bits per heavy atom. The van der Waals surface area contributed by atoms with Gasteiger partial charge >= 0.3 is 0 Å². The summed E-state index contributed by atoms with van der Waals surface area (Å²) < 4.78 is 0. The molecule has 0 aliphatic carbocycles. The molecule has 16 heavy (non-hydrogen) atoms. The monoisotopic (exact) mass is 228 g/mol. The Morgan fingerprint density at radius 3 is 2.81 bits per heavy atom. The molecule has 1 aliphatic heterocycles. The van der Waals surface area contributed by atoms with Crippen LogP contribution < -0.4 is 5.32 Å². The van der Waals surface area contributed by atoms with Gasteiger partial charge in [-0.15, -0.1) is 0 Å². The summed E-state index contributed by atoms with van der Waals surface area (Å²) in [5.74, 6) is 1.35. The molecular weight excluding hydrogens is 200 g/mol. The molecule has 0 aromatic carbocycles. The predicted octanol–water partition coefficient (Wildman–Crippen LogP) is 1.32. The third-order valence-corrected chi connectivity index (χ3v) is 3.28. The molecule has 2 N–H and O–H groups in total. The standard InChI is InChI=1S/C13H28N2O/c1-11(2)7-13(16)9-14-8-12-5-4-6-15(3)10-12/h11-14,16H,4-10H2,1-3H3. The number of hydrogen-bond acceptors (Lipinski definition) is 3. The van der Waals surface area contributed by atoms with E-state index in [0.29, 0.717) is 5.92 Å². The maximum Gasteiger partial charge on any atom is 0.0667 e. The quantitative estimate of drug-likeness (QED) is 0.720. The van der Waals surface area contributed by atoms with Gasteiger partial charge in [0.1, 0.15) is 0 Å². The van der Waals surface area contributed by atoms with E-state index >= 15 is 0 Å². The lowest BCUT2D eigenvalue weighted by Gasteiger charge is -2.30. The highest BCUT2D eigenvalue weighted by atomic mass is 16.3. The largest absolute Gasteiger partial charge is 0.392 e. The van der Waals surface area contributed by atoms with Crippen molar-refractivity contribution in [1.29, 1.82) is 0 Å². The topological polar surface area (TPSA) is 35.5 Å². The minimum atomic E-state index is -0.179. The number of nitrogens with zero attached hydrogens (tertiary/aromatic N) is 1. The highest BCUT2D eigenvalue weighted by Crippen LogP contribution is 2.13. The molecule has 2 unspecified atom stereocenters. The SMILES string of the molecule is CC(C)CC(O)CNCC1CCCN(C)C1. The van der Waals surface area contributed by atoms with E-state index in [9.17, 15) is 5.11 Å². The Kier molecular flexibility index (Phi) is 6.32. The van der Waals surface area contributed by atoms with Gasteiger partial charge in [0, 0.05) is 13.1 Å². The van der Waals surface area contributed by atoms with Gasteiger partial charge in [-0.2, -0.15) is 0 Å². The zero-order chi connectivity index (χ0) is 12.0. The molecule has 0 saturated carbocycles. The minimum absolute atomic E-state index is 0.179. The Bertz CT molecular complexity index is 185. The minimum Gasteiger partial charge on any atom is -0.392 e. The molecule has 1 rings (SSSR count). The predicted molar refractivity (Wildman–Crippen MR) is 68.6 cm³/mol. The molecule has 1 fully saturated rings. The lowest BCUT2D eigenvalue weighted by atomic mass is 9.98. The van der Waals surface area contributed by atoms with Gasteiger partial charge in [-0.3, -0.25) is 0 Å². The van der Waals surface area contributed by atoms with Gasteiger partial charge in [-0.1, -0.05) is 13.8 Å². The number of aliphatic hydroxyl groups excluding tert-OH is 1. The second-order valence-corrected chi connectivity index (χ2v) is 5.71. The highest BCUT2D eigenvalue weighted by molar-refractivity contribution is 4.73. The van der Waals surface area contributed by atoms with Crippen LogP contribution in [0.2, 0.25) is 0 Å². The number of aliphatic hydroxyl groups is 1. The summed E-state index contributed by atoms with van der Waals surface area (Å²) in [6, 6.07) is 0. The summed E-state index contributed by atoms with van der Waals surface area (Å²) >= 11 is 0. The first-order chi connectivity index (χ1) is 7.58. The van der Waals surface area contributed by atoms with Crippen LogP contribution in [0.25, 0.3) is 0 Å². The number of rotatable bonds is 6. The summed E-state index contributed by atoms with van der Waals surface area (Å²) in [5, 5.41) is 13.1. The smallest absolute Gasteiger partial charge is 0.0667 e. The van der Waals surface area contributed by atoms with Crippen molar-refractivity contribution in [3.05, 3.63) is 0 Å². The van der Waals surface area contributed by atoms with Crippen LogP contribution in [0.1, 0.15) is 33.1 Å². The van der Waals surface area contributed by atoms with Gasteiger partial charge in [-0.25, -0.2) is 0 Å². The lowest BCUT2D eigenvalue weighted by Crippen LogP contribution is -2.39. The van der Waals surface area contributed by atoms with Crippen LogP contribution in [0.5, 0.6) is 0 Å². The van der Waals surface area contributed by atoms with Gasteiger partial charge < -0.3 is 15.3 Å². The van der Waals surface area contributed by atoms with Gasteiger partial charge in [0.2, 0.25) is 0 Å². The van der Waals surface area contributed by atoms with Crippen LogP contribution in [0, 0.1) is 11.8 Å². The normalized spacial score (nSPS) is 24.9. The third-order valence-electron chi connectivity index (χ3n) is 3.28. The first-order valence-corrected chi connectivity index (χ1v) is 6.65. The first kappa shape index (κ1) is 13.9. The van der Waals surface area contributed by atoms with Crippen LogP contribution in [-0.2, 0) is 0 Å². The number of piperidine rings is 1. The second kappa shape index (κ2) is 7.25. The number of likely N-dealkylation sites (tertiary alicyclic amines) is 1. The molecule has 0 spiro atoms. The summed E-state index contributed by atoms with van der Waals surface area (Å²) in [5.41, 5.74) is 0. The van der Waals surface area contributed by atoms with Crippen molar-refractivity contribution in [3.8, 4) is 0 Å². The molecule has 0 aromatic heterocycles. The fraction of sp³-hybridized carbons (Fsp3) is 1.00. The summed E-state index contributed by atoms with van der Waals surface area (Å²) in [7, 11) is 2.19. The van der Waals surface area contributed by atoms with E-state index in [1.807, 2.05) is 0 Å². The molecule has 0 bridgehead atoms. The zero-order valence-electron chi connectivity index (χ0n) is 11.1. The van der Waals surface area contributed by atoms with Gasteiger partial charge in [0.25, 0.3) is 0 Å². The summed E-state index contributed by atoms with van der Waals surface area (Å²) in [4.78, 5) is 2.40. The summed E-state index contributed by atoms with van der Waals surface area (Å²) in [6.07, 6.45) is 3.37. The van der Waals surface area contributed by atoms with Crippen molar-refractivity contribution >= 4 is 0 Å². The van der Waals surface area contributed by atoms with E-state index in [1.54, 1.807) is 0 Å². The van der Waals surface area contributed by atoms with Crippen LogP contribution in [0.15, 0.2) is 0 Å². The molecule has 1 saturated heterocycles. The molecule has 0 aromatic rings. The van der Waals surface area contributed by atoms with Gasteiger partial charge in [0.05, 0.1) is 6.10 Å². The van der Waals surface area contributed by atoms with Gasteiger partial charge in [-0.05, 0) is 51.2 Å². The van der Waals surface area contributed by atoms with Gasteiger partial charge in [0.15, 0.2) is 0 Å². The van der Waals surface area contributed by atoms with Crippen LogP contribution in [0.3, 0.4) is 0 Å². The highest BCUT2D eigenvalue weighted by Gasteiger charge is 2.17. The van der Waals surface area contributed by atoms with E-state index < -0.39 is 0 Å². The molecule has 2 atom stereocenters. The molecule has 0 amide bonds. The molecule has 3 nitrogen and oxygen atoms in total. The maximum atomic E-state index is 9.73. The van der Waals surface area contributed by atoms with Crippen LogP contribution in [-0.4, -0.2) is 49.3 Å². The fourth-order valence-corrected chi connectivity index (χ4v) is 2.52. The molecular formula is C13H28N2O. The first-order valence-electron chi connectivity index (χ1n) is 6.65. The Morgan fingerprint density at radius 2 is 2.19 bits per heavy atom. The number of hydrogen-bond donors (Lipinski definition) is 2. The average molecular weight is 228 g/mol. The second-order valence-electron chi connectivity index (χ2n) is 5.71. The molecule has 3 heteroatoms. The van der Waals surface area contributed by atoms with Crippen molar-refractivity contribution in [1.82, 2.24) is 10.2 Å². The molecule has 0 radical (unpaired) electrons. The Labute approximate surface area is 100 Å². The number of nitrogens with one attached hydrogen (secondary N) is 1. The maximum absolute atomic E-state index is 9.73. The van der Waals surface area contributed by atoms with E-state index in [1.165, 1.54) is 25.9 Å². The van der Waals surface area contributed by atoms with Crippen LogP contribution >= 0.6 is 0 Å². The molecule has 1 heterocycles. The molecule has 1 aliphatic rings. The van der Waals surface area contributed by atoms with Crippen molar-refractivity contribution in [2.75, 3.05) is 33.2 Å². The summed E-state index contributed by atoms with van der Waals surface area (Å²) in [6.45, 7) is 8.55. The van der Waals surface area contributed by atoms with Crippen molar-refractivity contribution < 1.29 is 5.11 Å². The van der Waals surface area contributed by atoms with Crippen LogP contribution in [0.4, 0.5) is 0 Å². The van der Waals surface area contributed by atoms with Crippen molar-refractivity contribution in [2.45, 2.75) is 39.2 Å². The Balaban J connectivity index is 2.05. The van der Waals surface area contributed by atoms with E-state index in [2.05, 4.69) is 31.1 Å². The van der Waals surface area contributed by atoms with Crippen molar-refractivity contribution in [3.63, 3.8) is 0 Å².